The number of likely N-dealkylation sites (tertiary alicyclic amines) is 1. The number of hydrogen-bond donors (Lipinski definition) is 2. The molecule has 118 valence electrons. The maximum Gasteiger partial charge on any atom is 0.411 e. The monoisotopic (exact) mass is 302 g/mol. The van der Waals surface area contributed by atoms with Gasteiger partial charge >= 0.3 is 6.09 Å². The van der Waals surface area contributed by atoms with Crippen LogP contribution in [-0.2, 0) is 4.74 Å². The largest absolute Gasteiger partial charge is 0.450 e. The average Bonchev–Trinajstić information content (AvgIpc) is 2.51. The molecule has 1 aromatic carbocycles. The minimum Gasteiger partial charge on any atom is -0.450 e. The number of hydrogen-bond acceptors (Lipinski definition) is 5. The molecule has 1 fully saturated rings. The zero-order valence-electron chi connectivity index (χ0n) is 13.1. The molecule has 0 bridgehead atoms. The summed E-state index contributed by atoms with van der Waals surface area (Å²) in [6, 6.07) is 7.90. The molecule has 6 heteroatoms. The van der Waals surface area contributed by atoms with Gasteiger partial charge in [0.05, 0.1) is 17.9 Å². The fourth-order valence-electron chi connectivity index (χ4n) is 2.50. The SMILES string of the molecule is CCOC(=O)Nc1ccc(NC2CCN(C)CC2)cc1C#N. The van der Waals surface area contributed by atoms with E-state index in [1.165, 1.54) is 0 Å². The fourth-order valence-corrected chi connectivity index (χ4v) is 2.50. The number of nitrogens with zero attached hydrogens (tertiary/aromatic N) is 2. The van der Waals surface area contributed by atoms with Gasteiger partial charge in [0.15, 0.2) is 0 Å². The molecule has 0 aromatic heterocycles. The molecule has 6 nitrogen and oxygen atoms in total. The van der Waals surface area contributed by atoms with E-state index in [0.29, 0.717) is 23.9 Å². The van der Waals surface area contributed by atoms with Gasteiger partial charge in [-0.15, -0.1) is 0 Å². The van der Waals surface area contributed by atoms with Crippen LogP contribution in [0.2, 0.25) is 0 Å². The molecule has 1 amide bonds. The number of carbonyl (C=O) groups is 1. The van der Waals surface area contributed by atoms with E-state index in [4.69, 9.17) is 4.74 Å². The van der Waals surface area contributed by atoms with Crippen LogP contribution >= 0.6 is 0 Å². The van der Waals surface area contributed by atoms with Crippen LogP contribution in [0.5, 0.6) is 0 Å². The number of anilines is 2. The van der Waals surface area contributed by atoms with Crippen molar-refractivity contribution < 1.29 is 9.53 Å². The zero-order chi connectivity index (χ0) is 15.9. The third-order valence-corrected chi connectivity index (χ3v) is 3.74. The van der Waals surface area contributed by atoms with Gasteiger partial charge in [-0.1, -0.05) is 0 Å². The van der Waals surface area contributed by atoms with Gasteiger partial charge in [-0.25, -0.2) is 4.79 Å². The number of carbonyl (C=O) groups excluding carboxylic acids is 1. The molecule has 2 rings (SSSR count). The van der Waals surface area contributed by atoms with Crippen molar-refractivity contribution >= 4 is 17.5 Å². The summed E-state index contributed by atoms with van der Waals surface area (Å²) in [5.74, 6) is 0. The molecule has 0 aliphatic carbocycles. The Balaban J connectivity index is 2.02. The van der Waals surface area contributed by atoms with Gasteiger partial charge < -0.3 is 15.0 Å². The van der Waals surface area contributed by atoms with E-state index >= 15 is 0 Å². The highest BCUT2D eigenvalue weighted by Gasteiger charge is 2.17. The van der Waals surface area contributed by atoms with Gasteiger partial charge in [0.2, 0.25) is 0 Å². The predicted octanol–water partition coefficient (Wildman–Crippen LogP) is 2.63. The first-order valence-corrected chi connectivity index (χ1v) is 7.55. The van der Waals surface area contributed by atoms with Gasteiger partial charge in [-0.2, -0.15) is 5.26 Å². The summed E-state index contributed by atoms with van der Waals surface area (Å²) in [7, 11) is 2.12. The van der Waals surface area contributed by atoms with Crippen molar-refractivity contribution in [2.75, 3.05) is 37.4 Å². The Morgan fingerprint density at radius 2 is 2.18 bits per heavy atom. The van der Waals surface area contributed by atoms with E-state index in [1.54, 1.807) is 19.1 Å². The van der Waals surface area contributed by atoms with E-state index in [2.05, 4.69) is 28.7 Å². The second-order valence-corrected chi connectivity index (χ2v) is 5.44. The maximum absolute atomic E-state index is 11.5. The number of nitrogens with one attached hydrogen (secondary N) is 2. The van der Waals surface area contributed by atoms with Gasteiger partial charge in [0.25, 0.3) is 0 Å². The van der Waals surface area contributed by atoms with Crippen molar-refractivity contribution in [3.8, 4) is 6.07 Å². The molecule has 1 aliphatic rings. The second-order valence-electron chi connectivity index (χ2n) is 5.44. The highest BCUT2D eigenvalue weighted by Crippen LogP contribution is 2.22. The number of ether oxygens (including phenoxy) is 1. The Morgan fingerprint density at radius 1 is 1.45 bits per heavy atom. The molecule has 0 saturated carbocycles. The molecule has 1 aliphatic heterocycles. The normalized spacial score (nSPS) is 15.9. The first-order chi connectivity index (χ1) is 10.6. The van der Waals surface area contributed by atoms with Crippen molar-refractivity contribution in [3.63, 3.8) is 0 Å². The van der Waals surface area contributed by atoms with Crippen LogP contribution < -0.4 is 10.6 Å². The predicted molar refractivity (Wildman–Crippen MR) is 85.9 cm³/mol. The Labute approximate surface area is 131 Å². The number of benzene rings is 1. The second kappa shape index (κ2) is 7.66. The lowest BCUT2D eigenvalue weighted by Crippen LogP contribution is -2.36. The zero-order valence-corrected chi connectivity index (χ0v) is 13.1. The molecule has 0 radical (unpaired) electrons. The molecule has 1 saturated heterocycles. The van der Waals surface area contributed by atoms with Crippen LogP contribution in [0.3, 0.4) is 0 Å². The number of nitriles is 1. The lowest BCUT2D eigenvalue weighted by Gasteiger charge is -2.30. The average molecular weight is 302 g/mol. The summed E-state index contributed by atoms with van der Waals surface area (Å²) in [5.41, 5.74) is 1.79. The summed E-state index contributed by atoms with van der Waals surface area (Å²) in [6.45, 7) is 4.18. The molecule has 1 aromatic rings. The van der Waals surface area contributed by atoms with E-state index < -0.39 is 6.09 Å². The van der Waals surface area contributed by atoms with Gasteiger partial charge in [0, 0.05) is 11.7 Å². The summed E-state index contributed by atoms with van der Waals surface area (Å²) in [5, 5.41) is 15.3. The van der Waals surface area contributed by atoms with Gasteiger partial charge in [-0.3, -0.25) is 5.32 Å². The first kappa shape index (κ1) is 16.1. The Hall–Kier alpha value is -2.26. The number of rotatable bonds is 4. The standard InChI is InChI=1S/C16H22N4O2/c1-3-22-16(21)19-15-5-4-14(10-12(15)11-17)18-13-6-8-20(2)9-7-13/h4-5,10,13,18H,3,6-9H2,1-2H3,(H,19,21). The van der Waals surface area contributed by atoms with Gasteiger partial charge in [-0.05, 0) is 58.1 Å². The van der Waals surface area contributed by atoms with Crippen LogP contribution in [0.4, 0.5) is 16.2 Å². The fraction of sp³-hybridized carbons (Fsp3) is 0.500. The summed E-state index contributed by atoms with van der Waals surface area (Å²) in [4.78, 5) is 13.8. The Morgan fingerprint density at radius 3 is 2.82 bits per heavy atom. The van der Waals surface area contributed by atoms with E-state index in [1.807, 2.05) is 6.07 Å². The lowest BCUT2D eigenvalue weighted by atomic mass is 10.0. The minimum atomic E-state index is -0.546. The highest BCUT2D eigenvalue weighted by atomic mass is 16.5. The van der Waals surface area contributed by atoms with Crippen molar-refractivity contribution in [3.05, 3.63) is 23.8 Å². The van der Waals surface area contributed by atoms with Crippen LogP contribution in [0.1, 0.15) is 25.3 Å². The third kappa shape index (κ3) is 4.37. The Bertz CT molecular complexity index is 560. The number of amides is 1. The molecule has 0 spiro atoms. The Kier molecular flexibility index (Phi) is 5.61. The van der Waals surface area contributed by atoms with E-state index in [0.717, 1.165) is 31.6 Å². The van der Waals surface area contributed by atoms with E-state index in [-0.39, 0.29) is 0 Å². The van der Waals surface area contributed by atoms with Crippen LogP contribution in [0.15, 0.2) is 18.2 Å². The highest BCUT2D eigenvalue weighted by molar-refractivity contribution is 5.87. The smallest absolute Gasteiger partial charge is 0.411 e. The van der Waals surface area contributed by atoms with Crippen molar-refractivity contribution in [1.82, 2.24) is 4.90 Å². The van der Waals surface area contributed by atoms with Crippen molar-refractivity contribution in [2.24, 2.45) is 0 Å². The van der Waals surface area contributed by atoms with E-state index in [9.17, 15) is 10.1 Å². The molecule has 22 heavy (non-hydrogen) atoms. The van der Waals surface area contributed by atoms with Crippen LogP contribution in [0.25, 0.3) is 0 Å². The van der Waals surface area contributed by atoms with Crippen LogP contribution in [-0.4, -0.2) is 43.8 Å². The minimum absolute atomic E-state index is 0.295. The summed E-state index contributed by atoms with van der Waals surface area (Å²) < 4.78 is 4.83. The first-order valence-electron chi connectivity index (χ1n) is 7.55. The molecule has 1 heterocycles. The molecule has 0 unspecified atom stereocenters. The number of piperidine rings is 1. The van der Waals surface area contributed by atoms with Crippen molar-refractivity contribution in [1.29, 1.82) is 5.26 Å². The van der Waals surface area contributed by atoms with Crippen molar-refractivity contribution in [2.45, 2.75) is 25.8 Å². The maximum atomic E-state index is 11.5. The summed E-state index contributed by atoms with van der Waals surface area (Å²) in [6.07, 6.45) is 1.62. The molecule has 2 N–H and O–H groups in total. The molecule has 0 atom stereocenters. The third-order valence-electron chi connectivity index (χ3n) is 3.74. The topological polar surface area (TPSA) is 77.4 Å². The lowest BCUT2D eigenvalue weighted by molar-refractivity contribution is 0.168. The van der Waals surface area contributed by atoms with Crippen LogP contribution in [0, 0.1) is 11.3 Å². The molecular formula is C16H22N4O2. The quantitative estimate of drug-likeness (QED) is 0.894. The summed E-state index contributed by atoms with van der Waals surface area (Å²) >= 11 is 0. The molecular weight excluding hydrogens is 280 g/mol. The van der Waals surface area contributed by atoms with Gasteiger partial charge in [0.1, 0.15) is 6.07 Å².